The summed E-state index contributed by atoms with van der Waals surface area (Å²) in [6, 6.07) is 6.95. The Kier molecular flexibility index (Phi) is 4.33. The van der Waals surface area contributed by atoms with Gasteiger partial charge in [0.2, 0.25) is 0 Å². The van der Waals surface area contributed by atoms with E-state index in [-0.39, 0.29) is 11.9 Å². The number of nitrogens with zero attached hydrogens (tertiary/aromatic N) is 1. The average Bonchev–Trinajstić information content (AvgIpc) is 2.79. The summed E-state index contributed by atoms with van der Waals surface area (Å²) in [6.45, 7) is 3.93. The Hall–Kier alpha value is -1.39. The Bertz CT molecular complexity index is 509. The molecule has 0 fully saturated rings. The van der Waals surface area contributed by atoms with Crippen molar-refractivity contribution in [3.63, 3.8) is 0 Å². The molecule has 18 heavy (non-hydrogen) atoms. The van der Waals surface area contributed by atoms with Gasteiger partial charge in [0.1, 0.15) is 5.82 Å². The molecule has 1 atom stereocenters. The minimum absolute atomic E-state index is 0.0704. The number of hydrogen-bond acceptors (Lipinski definition) is 2. The molecule has 0 saturated heterocycles. The first-order chi connectivity index (χ1) is 8.76. The van der Waals surface area contributed by atoms with Gasteiger partial charge in [-0.2, -0.15) is 0 Å². The van der Waals surface area contributed by atoms with Crippen molar-refractivity contribution in [3.8, 4) is 0 Å². The van der Waals surface area contributed by atoms with E-state index in [2.05, 4.69) is 0 Å². The molecule has 0 saturated carbocycles. The molecule has 2 N–H and O–H groups in total. The van der Waals surface area contributed by atoms with E-state index in [9.17, 15) is 4.39 Å². The Labute approximate surface area is 106 Å². The maximum Gasteiger partial charge on any atom is 0.132 e. The summed E-state index contributed by atoms with van der Waals surface area (Å²) in [6.07, 6.45) is 2.82. The topological polar surface area (TPSA) is 40.2 Å². The largest absolute Gasteiger partial charge is 0.377 e. The average molecular weight is 250 g/mol. The molecule has 1 heterocycles. The van der Waals surface area contributed by atoms with Gasteiger partial charge >= 0.3 is 0 Å². The third-order valence-corrected chi connectivity index (χ3v) is 3.12. The Morgan fingerprint density at radius 3 is 2.94 bits per heavy atom. The lowest BCUT2D eigenvalue weighted by molar-refractivity contribution is 0.0601. The van der Waals surface area contributed by atoms with Crippen molar-refractivity contribution in [1.82, 2.24) is 4.57 Å². The molecule has 1 unspecified atom stereocenters. The molecule has 1 aromatic heterocycles. The van der Waals surface area contributed by atoms with Gasteiger partial charge in [0.05, 0.1) is 11.6 Å². The molecule has 0 aliphatic rings. The Morgan fingerprint density at radius 1 is 1.39 bits per heavy atom. The van der Waals surface area contributed by atoms with Gasteiger partial charge in [-0.3, -0.25) is 0 Å². The number of aromatic nitrogens is 1. The van der Waals surface area contributed by atoms with E-state index in [1.807, 2.05) is 29.8 Å². The quantitative estimate of drug-likeness (QED) is 0.855. The molecule has 0 spiro atoms. The zero-order valence-electron chi connectivity index (χ0n) is 10.6. The van der Waals surface area contributed by atoms with Gasteiger partial charge in [0.15, 0.2) is 0 Å². The fourth-order valence-corrected chi connectivity index (χ4v) is 2.17. The Balaban J connectivity index is 2.10. The fraction of sp³-hybridized carbons (Fsp3) is 0.429. The highest BCUT2D eigenvalue weighted by molar-refractivity contribution is 5.80. The van der Waals surface area contributed by atoms with E-state index in [0.717, 1.165) is 18.5 Å². The van der Waals surface area contributed by atoms with Gasteiger partial charge < -0.3 is 15.0 Å². The molecule has 0 aliphatic heterocycles. The van der Waals surface area contributed by atoms with Crippen molar-refractivity contribution >= 4 is 10.9 Å². The van der Waals surface area contributed by atoms with Crippen molar-refractivity contribution in [1.29, 1.82) is 0 Å². The third kappa shape index (κ3) is 2.71. The first-order valence-electron chi connectivity index (χ1n) is 6.31. The molecule has 3 nitrogen and oxygen atoms in total. The smallest absolute Gasteiger partial charge is 0.132 e. The van der Waals surface area contributed by atoms with Crippen molar-refractivity contribution in [2.45, 2.75) is 26.0 Å². The standard InChI is InChI=1S/C14H19FN2O/c1-2-18-11(10-16)6-8-17-9-7-12-13(15)4-3-5-14(12)17/h3-5,7,9,11H,2,6,8,10,16H2,1H3. The number of ether oxygens (including phenoxy) is 1. The monoisotopic (exact) mass is 250 g/mol. The first kappa shape index (κ1) is 13.1. The van der Waals surface area contributed by atoms with Crippen LogP contribution in [0.15, 0.2) is 30.5 Å². The van der Waals surface area contributed by atoms with Crippen LogP contribution in [0.4, 0.5) is 4.39 Å². The number of hydrogen-bond donors (Lipinski definition) is 1. The predicted octanol–water partition coefficient (Wildman–Crippen LogP) is 2.53. The van der Waals surface area contributed by atoms with Crippen LogP contribution in [0.2, 0.25) is 0 Å². The molecule has 4 heteroatoms. The van der Waals surface area contributed by atoms with Gasteiger partial charge in [-0.1, -0.05) is 6.07 Å². The number of fused-ring (bicyclic) bond motifs is 1. The van der Waals surface area contributed by atoms with E-state index in [0.29, 0.717) is 18.5 Å². The number of rotatable bonds is 6. The second-order valence-corrected chi connectivity index (χ2v) is 4.28. The normalized spacial score (nSPS) is 13.1. The SMILES string of the molecule is CCOC(CN)CCn1ccc2c(F)cccc21. The summed E-state index contributed by atoms with van der Waals surface area (Å²) < 4.78 is 21.1. The number of benzene rings is 1. The van der Waals surface area contributed by atoms with Crippen LogP contribution in [0.25, 0.3) is 10.9 Å². The molecule has 2 rings (SSSR count). The van der Waals surface area contributed by atoms with Crippen molar-refractivity contribution in [3.05, 3.63) is 36.3 Å². The van der Waals surface area contributed by atoms with E-state index in [4.69, 9.17) is 10.5 Å². The predicted molar refractivity (Wildman–Crippen MR) is 71.0 cm³/mol. The van der Waals surface area contributed by atoms with Crippen LogP contribution in [0.5, 0.6) is 0 Å². The van der Waals surface area contributed by atoms with Crippen molar-refractivity contribution in [2.75, 3.05) is 13.2 Å². The van der Waals surface area contributed by atoms with Crippen LogP contribution in [-0.4, -0.2) is 23.8 Å². The number of nitrogens with two attached hydrogens (primary N) is 1. The lowest BCUT2D eigenvalue weighted by Crippen LogP contribution is -2.25. The second-order valence-electron chi connectivity index (χ2n) is 4.28. The molecule has 0 amide bonds. The molecule has 0 radical (unpaired) electrons. The number of aryl methyl sites for hydroxylation is 1. The lowest BCUT2D eigenvalue weighted by Gasteiger charge is -2.15. The Morgan fingerprint density at radius 2 is 2.22 bits per heavy atom. The summed E-state index contributed by atoms with van der Waals surface area (Å²) in [4.78, 5) is 0. The molecule has 0 bridgehead atoms. The zero-order chi connectivity index (χ0) is 13.0. The molecule has 0 aliphatic carbocycles. The molecular formula is C14H19FN2O. The molecule has 2 aromatic rings. The summed E-state index contributed by atoms with van der Waals surface area (Å²) in [5, 5.41) is 0.665. The van der Waals surface area contributed by atoms with Crippen LogP contribution in [0.3, 0.4) is 0 Å². The summed E-state index contributed by atoms with van der Waals surface area (Å²) in [7, 11) is 0. The van der Waals surface area contributed by atoms with Crippen molar-refractivity contribution in [2.24, 2.45) is 5.73 Å². The molecule has 1 aromatic carbocycles. The molecular weight excluding hydrogens is 231 g/mol. The van der Waals surface area contributed by atoms with Crippen LogP contribution >= 0.6 is 0 Å². The van der Waals surface area contributed by atoms with E-state index < -0.39 is 0 Å². The zero-order valence-corrected chi connectivity index (χ0v) is 10.6. The van der Waals surface area contributed by atoms with Gasteiger partial charge in [-0.05, 0) is 31.5 Å². The van der Waals surface area contributed by atoms with Crippen LogP contribution in [-0.2, 0) is 11.3 Å². The minimum atomic E-state index is -0.175. The van der Waals surface area contributed by atoms with Gasteiger partial charge in [-0.15, -0.1) is 0 Å². The maximum absolute atomic E-state index is 13.5. The number of halogens is 1. The highest BCUT2D eigenvalue weighted by Gasteiger charge is 2.09. The van der Waals surface area contributed by atoms with Gasteiger partial charge in [-0.25, -0.2) is 4.39 Å². The first-order valence-corrected chi connectivity index (χ1v) is 6.31. The van der Waals surface area contributed by atoms with Gasteiger partial charge in [0.25, 0.3) is 0 Å². The van der Waals surface area contributed by atoms with Gasteiger partial charge in [0, 0.05) is 31.3 Å². The molecule has 98 valence electrons. The van der Waals surface area contributed by atoms with E-state index in [1.165, 1.54) is 6.07 Å². The van der Waals surface area contributed by atoms with Crippen LogP contribution in [0, 0.1) is 5.82 Å². The summed E-state index contributed by atoms with van der Waals surface area (Å²) >= 11 is 0. The second kappa shape index (κ2) is 5.98. The highest BCUT2D eigenvalue weighted by Crippen LogP contribution is 2.19. The minimum Gasteiger partial charge on any atom is -0.377 e. The summed E-state index contributed by atoms with van der Waals surface area (Å²) in [5.41, 5.74) is 6.56. The fourth-order valence-electron chi connectivity index (χ4n) is 2.17. The third-order valence-electron chi connectivity index (χ3n) is 3.12. The summed E-state index contributed by atoms with van der Waals surface area (Å²) in [5.74, 6) is -0.175. The highest BCUT2D eigenvalue weighted by atomic mass is 19.1. The van der Waals surface area contributed by atoms with E-state index in [1.54, 1.807) is 6.07 Å². The van der Waals surface area contributed by atoms with Crippen LogP contribution < -0.4 is 5.73 Å². The van der Waals surface area contributed by atoms with E-state index >= 15 is 0 Å². The van der Waals surface area contributed by atoms with Crippen LogP contribution in [0.1, 0.15) is 13.3 Å². The maximum atomic E-state index is 13.5. The van der Waals surface area contributed by atoms with Crippen molar-refractivity contribution < 1.29 is 9.13 Å². The lowest BCUT2D eigenvalue weighted by atomic mass is 10.2.